The van der Waals surface area contributed by atoms with E-state index in [0.717, 1.165) is 19.4 Å². The third kappa shape index (κ3) is 2.47. The second-order valence-electron chi connectivity index (χ2n) is 4.99. The number of hydrogen-bond donors (Lipinski definition) is 1. The molecule has 6 heteroatoms. The number of rotatable bonds is 4. The van der Waals surface area contributed by atoms with Crippen LogP contribution in [0.4, 0.5) is 11.9 Å². The highest BCUT2D eigenvalue weighted by Crippen LogP contribution is 2.32. The fourth-order valence-electron chi connectivity index (χ4n) is 2.25. The lowest BCUT2D eigenvalue weighted by molar-refractivity contribution is 0.311. The van der Waals surface area contributed by atoms with Gasteiger partial charge in [0.2, 0.25) is 11.9 Å². The second kappa shape index (κ2) is 4.96. The summed E-state index contributed by atoms with van der Waals surface area (Å²) in [5.41, 5.74) is 0.0931. The molecule has 0 aliphatic carbocycles. The Bertz CT molecular complexity index is 421. The van der Waals surface area contributed by atoms with Gasteiger partial charge in [0.05, 0.1) is 6.61 Å². The molecule has 1 aromatic rings. The number of aromatic nitrogens is 3. The van der Waals surface area contributed by atoms with Crippen molar-refractivity contribution in [2.75, 3.05) is 30.4 Å². The Morgan fingerprint density at radius 1 is 1.33 bits per heavy atom. The number of ether oxygens (including phenoxy) is 1. The largest absolute Gasteiger partial charge is 0.464 e. The van der Waals surface area contributed by atoms with Crippen LogP contribution in [0.5, 0.6) is 6.01 Å². The lowest BCUT2D eigenvalue weighted by atomic mass is 10.0. The molecule has 1 fully saturated rings. The summed E-state index contributed by atoms with van der Waals surface area (Å²) in [6, 6.07) is 0.384. The van der Waals surface area contributed by atoms with Crippen molar-refractivity contribution in [3.8, 4) is 6.01 Å². The van der Waals surface area contributed by atoms with Crippen LogP contribution < -0.4 is 15.0 Å². The van der Waals surface area contributed by atoms with Gasteiger partial charge in [-0.25, -0.2) is 0 Å². The maximum absolute atomic E-state index is 5.39. The molecule has 2 rings (SSSR count). The third-order valence-electron chi connectivity index (χ3n) is 3.24. The highest BCUT2D eigenvalue weighted by atomic mass is 16.5. The average molecular weight is 251 g/mol. The minimum absolute atomic E-state index is 0.0931. The van der Waals surface area contributed by atoms with Gasteiger partial charge < -0.3 is 15.0 Å². The molecule has 2 heterocycles. The van der Waals surface area contributed by atoms with Crippen LogP contribution in [-0.2, 0) is 0 Å². The van der Waals surface area contributed by atoms with Crippen molar-refractivity contribution in [3.05, 3.63) is 0 Å². The standard InChI is InChI=1S/C12H21N5O/c1-5-18-11-15-9(13-4)14-10(16-11)17-8-6-7-12(17,2)3/h5-8H2,1-4H3,(H,13,14,15,16). The molecule has 0 bridgehead atoms. The molecule has 6 nitrogen and oxygen atoms in total. The fraction of sp³-hybridized carbons (Fsp3) is 0.750. The van der Waals surface area contributed by atoms with Crippen molar-refractivity contribution in [3.63, 3.8) is 0 Å². The second-order valence-corrected chi connectivity index (χ2v) is 4.99. The molecule has 1 aliphatic rings. The predicted molar refractivity (Wildman–Crippen MR) is 71.2 cm³/mol. The Kier molecular flexibility index (Phi) is 3.54. The van der Waals surface area contributed by atoms with Gasteiger partial charge >= 0.3 is 6.01 Å². The van der Waals surface area contributed by atoms with Crippen LogP contribution in [-0.4, -0.2) is 40.7 Å². The summed E-state index contributed by atoms with van der Waals surface area (Å²) in [4.78, 5) is 15.2. The Morgan fingerprint density at radius 3 is 2.67 bits per heavy atom. The number of anilines is 2. The molecule has 0 aromatic carbocycles. The van der Waals surface area contributed by atoms with Crippen molar-refractivity contribution >= 4 is 11.9 Å². The molecule has 1 aliphatic heterocycles. The number of nitrogens with one attached hydrogen (secondary N) is 1. The van der Waals surface area contributed by atoms with E-state index >= 15 is 0 Å². The van der Waals surface area contributed by atoms with E-state index < -0.39 is 0 Å². The van der Waals surface area contributed by atoms with E-state index in [2.05, 4.69) is 39.0 Å². The minimum atomic E-state index is 0.0931. The molecule has 0 atom stereocenters. The molecule has 18 heavy (non-hydrogen) atoms. The SMILES string of the molecule is CCOc1nc(NC)nc(N2CCCC2(C)C)n1. The van der Waals surface area contributed by atoms with E-state index in [1.165, 1.54) is 0 Å². The van der Waals surface area contributed by atoms with E-state index in [1.54, 1.807) is 7.05 Å². The van der Waals surface area contributed by atoms with Gasteiger partial charge in [-0.1, -0.05) is 0 Å². The maximum atomic E-state index is 5.39. The van der Waals surface area contributed by atoms with E-state index in [4.69, 9.17) is 4.74 Å². The lowest BCUT2D eigenvalue weighted by Gasteiger charge is -2.31. The van der Waals surface area contributed by atoms with Crippen molar-refractivity contribution in [2.45, 2.75) is 39.2 Å². The minimum Gasteiger partial charge on any atom is -0.464 e. The van der Waals surface area contributed by atoms with E-state index in [0.29, 0.717) is 24.5 Å². The van der Waals surface area contributed by atoms with Crippen LogP contribution in [0.25, 0.3) is 0 Å². The zero-order valence-corrected chi connectivity index (χ0v) is 11.5. The molecule has 0 spiro atoms. The van der Waals surface area contributed by atoms with Crippen LogP contribution >= 0.6 is 0 Å². The Hall–Kier alpha value is -1.59. The molecule has 1 saturated heterocycles. The van der Waals surface area contributed by atoms with Crippen molar-refractivity contribution in [2.24, 2.45) is 0 Å². The summed E-state index contributed by atoms with van der Waals surface area (Å²) in [6.45, 7) is 7.87. The van der Waals surface area contributed by atoms with Gasteiger partial charge in [-0.05, 0) is 33.6 Å². The quantitative estimate of drug-likeness (QED) is 0.878. The molecule has 0 saturated carbocycles. The van der Waals surface area contributed by atoms with E-state index in [9.17, 15) is 0 Å². The van der Waals surface area contributed by atoms with Gasteiger partial charge in [-0.3, -0.25) is 0 Å². The first-order valence-corrected chi connectivity index (χ1v) is 6.41. The zero-order chi connectivity index (χ0) is 13.2. The van der Waals surface area contributed by atoms with Crippen LogP contribution in [0.2, 0.25) is 0 Å². The first-order chi connectivity index (χ1) is 8.56. The first kappa shape index (κ1) is 12.9. The van der Waals surface area contributed by atoms with Gasteiger partial charge in [0.1, 0.15) is 0 Å². The van der Waals surface area contributed by atoms with Crippen LogP contribution in [0.1, 0.15) is 33.6 Å². The number of nitrogens with zero attached hydrogens (tertiary/aromatic N) is 4. The van der Waals surface area contributed by atoms with Gasteiger partial charge in [-0.15, -0.1) is 0 Å². The molecule has 0 radical (unpaired) electrons. The van der Waals surface area contributed by atoms with Crippen molar-refractivity contribution in [1.82, 2.24) is 15.0 Å². The smallest absolute Gasteiger partial charge is 0.323 e. The number of hydrogen-bond acceptors (Lipinski definition) is 6. The van der Waals surface area contributed by atoms with Gasteiger partial charge in [-0.2, -0.15) is 15.0 Å². The summed E-state index contributed by atoms with van der Waals surface area (Å²) in [5, 5.41) is 2.95. The van der Waals surface area contributed by atoms with Crippen molar-refractivity contribution in [1.29, 1.82) is 0 Å². The summed E-state index contributed by atoms with van der Waals surface area (Å²) in [6.07, 6.45) is 2.31. The van der Waals surface area contributed by atoms with Gasteiger partial charge in [0.15, 0.2) is 0 Å². The molecular weight excluding hydrogens is 230 g/mol. The molecule has 0 unspecified atom stereocenters. The third-order valence-corrected chi connectivity index (χ3v) is 3.24. The molecular formula is C12H21N5O. The zero-order valence-electron chi connectivity index (χ0n) is 11.5. The van der Waals surface area contributed by atoms with Crippen LogP contribution in [0.3, 0.4) is 0 Å². The predicted octanol–water partition coefficient (Wildman–Crippen LogP) is 1.69. The van der Waals surface area contributed by atoms with Gasteiger partial charge in [0, 0.05) is 19.1 Å². The summed E-state index contributed by atoms with van der Waals surface area (Å²) >= 11 is 0. The van der Waals surface area contributed by atoms with E-state index in [1.807, 2.05) is 6.92 Å². The summed E-state index contributed by atoms with van der Waals surface area (Å²) in [7, 11) is 1.80. The van der Waals surface area contributed by atoms with Crippen molar-refractivity contribution < 1.29 is 4.74 Å². The van der Waals surface area contributed by atoms with Crippen LogP contribution in [0.15, 0.2) is 0 Å². The summed E-state index contributed by atoms with van der Waals surface area (Å²) in [5.74, 6) is 1.24. The highest BCUT2D eigenvalue weighted by molar-refractivity contribution is 5.41. The molecule has 0 amide bonds. The van der Waals surface area contributed by atoms with Crippen LogP contribution in [0, 0.1) is 0 Å². The van der Waals surface area contributed by atoms with Gasteiger partial charge in [0.25, 0.3) is 0 Å². The average Bonchev–Trinajstić information content (AvgIpc) is 2.69. The summed E-state index contributed by atoms with van der Waals surface area (Å²) < 4.78 is 5.39. The van der Waals surface area contributed by atoms with E-state index in [-0.39, 0.29) is 5.54 Å². The molecule has 1 N–H and O–H groups in total. The maximum Gasteiger partial charge on any atom is 0.323 e. The Balaban J connectivity index is 2.34. The normalized spacial score (nSPS) is 17.9. The Morgan fingerprint density at radius 2 is 2.11 bits per heavy atom. The Labute approximate surface area is 108 Å². The fourth-order valence-corrected chi connectivity index (χ4v) is 2.25. The molecule has 1 aromatic heterocycles. The highest BCUT2D eigenvalue weighted by Gasteiger charge is 2.34. The topological polar surface area (TPSA) is 63.2 Å². The lowest BCUT2D eigenvalue weighted by Crippen LogP contribution is -2.39. The molecule has 100 valence electrons. The first-order valence-electron chi connectivity index (χ1n) is 6.41. The monoisotopic (exact) mass is 251 g/mol.